The van der Waals surface area contributed by atoms with E-state index in [0.29, 0.717) is 6.10 Å². The first-order chi connectivity index (χ1) is 4.31. The maximum absolute atomic E-state index is 5.07. The molecule has 0 aliphatic carbocycles. The molecule has 56 valence electrons. The molecule has 0 aromatic rings. The van der Waals surface area contributed by atoms with Crippen LogP contribution in [0.25, 0.3) is 0 Å². The summed E-state index contributed by atoms with van der Waals surface area (Å²) in [6.07, 6.45) is 2.77. The van der Waals surface area contributed by atoms with Crippen LogP contribution in [0.3, 0.4) is 0 Å². The van der Waals surface area contributed by atoms with Gasteiger partial charge in [-0.25, -0.2) is 0 Å². The van der Waals surface area contributed by atoms with Gasteiger partial charge in [0.1, 0.15) is 0 Å². The molecule has 1 unspecified atom stereocenters. The minimum absolute atomic E-state index is 0.415. The van der Waals surface area contributed by atoms with E-state index in [0.717, 1.165) is 13.0 Å². The fraction of sp³-hybridized carbons (Fsp3) is 1.00. The first-order valence-corrected chi connectivity index (χ1v) is 3.48. The molecule has 2 heteroatoms. The van der Waals surface area contributed by atoms with Gasteiger partial charge in [0.05, 0.1) is 6.10 Å². The number of ether oxygens (including phenoxy) is 1. The molecule has 0 rings (SSSR count). The minimum Gasteiger partial charge on any atom is -0.382 e. The Bertz CT molecular complexity index is 56.9. The van der Waals surface area contributed by atoms with Crippen molar-refractivity contribution in [3.63, 3.8) is 0 Å². The monoisotopic (exact) mass is 131 g/mol. The number of rotatable bonds is 5. The summed E-state index contributed by atoms with van der Waals surface area (Å²) >= 11 is 0. The molecule has 0 saturated carbocycles. The summed E-state index contributed by atoms with van der Waals surface area (Å²) in [6.45, 7) is 3.18. The van der Waals surface area contributed by atoms with Crippen molar-refractivity contribution in [2.45, 2.75) is 25.9 Å². The second kappa shape index (κ2) is 6.05. The van der Waals surface area contributed by atoms with Crippen molar-refractivity contribution >= 4 is 0 Å². The summed E-state index contributed by atoms with van der Waals surface area (Å²) in [5, 5.41) is 3.09. The Balaban J connectivity index is 2.88. The Kier molecular flexibility index (Phi) is 5.99. The van der Waals surface area contributed by atoms with Crippen molar-refractivity contribution in [1.82, 2.24) is 5.32 Å². The Labute approximate surface area is 57.6 Å². The van der Waals surface area contributed by atoms with Crippen molar-refractivity contribution in [3.8, 4) is 0 Å². The van der Waals surface area contributed by atoms with Crippen LogP contribution in [-0.4, -0.2) is 26.8 Å². The summed E-state index contributed by atoms with van der Waals surface area (Å²) in [7, 11) is 3.72. The van der Waals surface area contributed by atoms with Gasteiger partial charge in [-0.05, 0) is 33.4 Å². The van der Waals surface area contributed by atoms with Crippen molar-refractivity contribution in [2.24, 2.45) is 0 Å². The third kappa shape index (κ3) is 5.80. The molecule has 0 radical (unpaired) electrons. The average Bonchev–Trinajstić information content (AvgIpc) is 1.89. The van der Waals surface area contributed by atoms with Gasteiger partial charge in [-0.15, -0.1) is 0 Å². The van der Waals surface area contributed by atoms with Crippen LogP contribution in [0, 0.1) is 0 Å². The van der Waals surface area contributed by atoms with E-state index in [4.69, 9.17) is 4.74 Å². The Morgan fingerprint density at radius 1 is 1.56 bits per heavy atom. The third-order valence-electron chi connectivity index (χ3n) is 1.44. The highest BCUT2D eigenvalue weighted by molar-refractivity contribution is 4.50. The number of nitrogens with one attached hydrogen (secondary N) is 1. The number of hydrogen-bond acceptors (Lipinski definition) is 2. The summed E-state index contributed by atoms with van der Waals surface area (Å²) < 4.78 is 5.07. The van der Waals surface area contributed by atoms with Gasteiger partial charge >= 0.3 is 0 Å². The second-order valence-corrected chi connectivity index (χ2v) is 2.29. The van der Waals surface area contributed by atoms with Gasteiger partial charge in [0.25, 0.3) is 0 Å². The highest BCUT2D eigenvalue weighted by atomic mass is 16.5. The van der Waals surface area contributed by atoms with E-state index >= 15 is 0 Å². The lowest BCUT2D eigenvalue weighted by Gasteiger charge is -2.07. The first kappa shape index (κ1) is 8.92. The van der Waals surface area contributed by atoms with E-state index in [1.807, 2.05) is 7.05 Å². The molecule has 0 heterocycles. The highest BCUT2D eigenvalue weighted by Gasteiger charge is 1.96. The zero-order chi connectivity index (χ0) is 7.11. The molecule has 0 spiro atoms. The molecule has 0 fully saturated rings. The SMILES string of the molecule is CNCCCC(C)OC. The van der Waals surface area contributed by atoms with Gasteiger partial charge in [0.15, 0.2) is 0 Å². The van der Waals surface area contributed by atoms with E-state index in [9.17, 15) is 0 Å². The molecule has 0 amide bonds. The number of hydrogen-bond donors (Lipinski definition) is 1. The molecule has 9 heavy (non-hydrogen) atoms. The molecule has 2 nitrogen and oxygen atoms in total. The Morgan fingerprint density at radius 2 is 2.22 bits per heavy atom. The van der Waals surface area contributed by atoms with Crippen LogP contribution in [0.5, 0.6) is 0 Å². The van der Waals surface area contributed by atoms with Gasteiger partial charge in [-0.2, -0.15) is 0 Å². The predicted octanol–water partition coefficient (Wildman–Crippen LogP) is 1.02. The maximum Gasteiger partial charge on any atom is 0.0543 e. The molecule has 0 saturated heterocycles. The topological polar surface area (TPSA) is 21.3 Å². The van der Waals surface area contributed by atoms with Gasteiger partial charge in [0.2, 0.25) is 0 Å². The Morgan fingerprint density at radius 3 is 2.67 bits per heavy atom. The van der Waals surface area contributed by atoms with Crippen LogP contribution in [0.1, 0.15) is 19.8 Å². The van der Waals surface area contributed by atoms with E-state index in [-0.39, 0.29) is 0 Å². The molecular formula is C7H17NO. The van der Waals surface area contributed by atoms with Crippen LogP contribution < -0.4 is 5.32 Å². The van der Waals surface area contributed by atoms with E-state index < -0.39 is 0 Å². The highest BCUT2D eigenvalue weighted by Crippen LogP contribution is 1.97. The molecule has 0 aromatic heterocycles. The second-order valence-electron chi connectivity index (χ2n) is 2.29. The van der Waals surface area contributed by atoms with Crippen LogP contribution in [0.15, 0.2) is 0 Å². The third-order valence-corrected chi connectivity index (χ3v) is 1.44. The van der Waals surface area contributed by atoms with Crippen LogP contribution >= 0.6 is 0 Å². The van der Waals surface area contributed by atoms with Crippen LogP contribution in [0.2, 0.25) is 0 Å². The summed E-state index contributed by atoms with van der Waals surface area (Å²) in [5.74, 6) is 0. The van der Waals surface area contributed by atoms with Crippen LogP contribution in [0.4, 0.5) is 0 Å². The largest absolute Gasteiger partial charge is 0.382 e. The van der Waals surface area contributed by atoms with Gasteiger partial charge in [-0.3, -0.25) is 0 Å². The van der Waals surface area contributed by atoms with Crippen molar-refractivity contribution in [2.75, 3.05) is 20.7 Å². The minimum atomic E-state index is 0.415. The average molecular weight is 131 g/mol. The van der Waals surface area contributed by atoms with E-state index in [2.05, 4.69) is 12.2 Å². The lowest BCUT2D eigenvalue weighted by atomic mass is 10.2. The molecule has 0 bridgehead atoms. The fourth-order valence-electron chi connectivity index (χ4n) is 0.684. The molecule has 1 atom stereocenters. The van der Waals surface area contributed by atoms with Crippen molar-refractivity contribution < 1.29 is 4.74 Å². The van der Waals surface area contributed by atoms with Gasteiger partial charge in [-0.1, -0.05) is 0 Å². The smallest absolute Gasteiger partial charge is 0.0543 e. The number of methoxy groups -OCH3 is 1. The molecule has 1 N–H and O–H groups in total. The first-order valence-electron chi connectivity index (χ1n) is 3.48. The maximum atomic E-state index is 5.07. The van der Waals surface area contributed by atoms with Gasteiger partial charge in [0, 0.05) is 7.11 Å². The summed E-state index contributed by atoms with van der Waals surface area (Å²) in [4.78, 5) is 0. The predicted molar refractivity (Wildman–Crippen MR) is 39.6 cm³/mol. The normalized spacial score (nSPS) is 13.7. The standard InChI is InChI=1S/C7H17NO/c1-7(9-3)5-4-6-8-2/h7-8H,4-6H2,1-3H3. The lowest BCUT2D eigenvalue weighted by molar-refractivity contribution is 0.109. The molecule has 0 aliphatic rings. The lowest BCUT2D eigenvalue weighted by Crippen LogP contribution is -2.11. The zero-order valence-corrected chi connectivity index (χ0v) is 6.61. The Hall–Kier alpha value is -0.0800. The quantitative estimate of drug-likeness (QED) is 0.562. The molecular weight excluding hydrogens is 114 g/mol. The van der Waals surface area contributed by atoms with Crippen molar-refractivity contribution in [3.05, 3.63) is 0 Å². The van der Waals surface area contributed by atoms with E-state index in [1.54, 1.807) is 7.11 Å². The zero-order valence-electron chi connectivity index (χ0n) is 6.61. The van der Waals surface area contributed by atoms with E-state index in [1.165, 1.54) is 6.42 Å². The molecule has 0 aromatic carbocycles. The summed E-state index contributed by atoms with van der Waals surface area (Å²) in [6, 6.07) is 0. The fourth-order valence-corrected chi connectivity index (χ4v) is 0.684. The van der Waals surface area contributed by atoms with Crippen molar-refractivity contribution in [1.29, 1.82) is 0 Å². The molecule has 0 aliphatic heterocycles. The summed E-state index contributed by atoms with van der Waals surface area (Å²) in [5.41, 5.74) is 0. The van der Waals surface area contributed by atoms with Gasteiger partial charge < -0.3 is 10.1 Å². The van der Waals surface area contributed by atoms with Crippen LogP contribution in [-0.2, 0) is 4.74 Å².